The second-order valence-electron chi connectivity index (χ2n) is 4.07. The number of nitro groups is 1. The first-order valence-electron chi connectivity index (χ1n) is 5.84. The van der Waals surface area contributed by atoms with Crippen LogP contribution < -0.4 is 5.32 Å². The molecule has 0 fully saturated rings. The molecule has 7 nitrogen and oxygen atoms in total. The van der Waals surface area contributed by atoms with Gasteiger partial charge in [0.05, 0.1) is 15.5 Å². The Bertz CT molecular complexity index is 547. The van der Waals surface area contributed by atoms with E-state index in [1.807, 2.05) is 0 Å². The Labute approximate surface area is 119 Å². The Morgan fingerprint density at radius 3 is 2.60 bits per heavy atom. The maximum atomic E-state index is 11.9. The van der Waals surface area contributed by atoms with Gasteiger partial charge in [0.25, 0.3) is 11.6 Å². The summed E-state index contributed by atoms with van der Waals surface area (Å²) in [5.41, 5.74) is -0.241. The molecule has 0 heterocycles. The maximum Gasteiger partial charge on any atom is 0.326 e. The van der Waals surface area contributed by atoms with Crippen molar-refractivity contribution in [2.45, 2.75) is 25.8 Å². The van der Waals surface area contributed by atoms with Gasteiger partial charge in [-0.2, -0.15) is 0 Å². The smallest absolute Gasteiger partial charge is 0.326 e. The molecule has 1 aromatic carbocycles. The Morgan fingerprint density at radius 1 is 1.50 bits per heavy atom. The number of nitrogens with one attached hydrogen (secondary N) is 1. The molecule has 108 valence electrons. The van der Waals surface area contributed by atoms with Gasteiger partial charge in [0.15, 0.2) is 0 Å². The van der Waals surface area contributed by atoms with Gasteiger partial charge in [0, 0.05) is 12.1 Å². The zero-order chi connectivity index (χ0) is 15.3. The molecule has 1 rings (SSSR count). The minimum Gasteiger partial charge on any atom is -0.480 e. The number of amides is 1. The van der Waals surface area contributed by atoms with Gasteiger partial charge in [-0.15, -0.1) is 0 Å². The lowest BCUT2D eigenvalue weighted by molar-refractivity contribution is -0.384. The fourth-order valence-corrected chi connectivity index (χ4v) is 1.84. The fraction of sp³-hybridized carbons (Fsp3) is 0.333. The molecule has 20 heavy (non-hydrogen) atoms. The highest BCUT2D eigenvalue weighted by atomic mass is 35.5. The number of carboxylic acid groups (broad SMARTS) is 1. The van der Waals surface area contributed by atoms with Crippen molar-refractivity contribution < 1.29 is 19.6 Å². The van der Waals surface area contributed by atoms with Gasteiger partial charge in [-0.05, 0) is 12.5 Å². The third-order valence-electron chi connectivity index (χ3n) is 2.59. The third kappa shape index (κ3) is 3.92. The second kappa shape index (κ2) is 6.85. The minimum absolute atomic E-state index is 0.000352. The molecule has 8 heteroatoms. The number of benzene rings is 1. The standard InChI is InChI=1S/C12H13ClN2O5/c1-2-3-10(12(17)18)14-11(16)8-5-4-7(15(19)20)6-9(8)13/h4-6,10H,2-3H2,1H3,(H,14,16)(H,17,18)/t10-/m0/s1. The summed E-state index contributed by atoms with van der Waals surface area (Å²) in [6.07, 6.45) is 0.872. The Morgan fingerprint density at radius 2 is 2.15 bits per heavy atom. The zero-order valence-corrected chi connectivity index (χ0v) is 11.4. The van der Waals surface area contributed by atoms with Crippen molar-refractivity contribution in [1.29, 1.82) is 0 Å². The summed E-state index contributed by atoms with van der Waals surface area (Å²) in [6.45, 7) is 1.79. The van der Waals surface area contributed by atoms with Gasteiger partial charge in [0.1, 0.15) is 6.04 Å². The van der Waals surface area contributed by atoms with Crippen LogP contribution in [0.1, 0.15) is 30.1 Å². The highest BCUT2D eigenvalue weighted by molar-refractivity contribution is 6.34. The average Bonchev–Trinajstić information content (AvgIpc) is 2.37. The number of nitrogens with zero attached hydrogens (tertiary/aromatic N) is 1. The van der Waals surface area contributed by atoms with E-state index in [1.165, 1.54) is 6.07 Å². The number of aliphatic carboxylic acids is 1. The third-order valence-corrected chi connectivity index (χ3v) is 2.90. The number of carbonyl (C=O) groups is 2. The molecule has 0 aliphatic rings. The molecule has 1 atom stereocenters. The lowest BCUT2D eigenvalue weighted by Crippen LogP contribution is -2.40. The molecule has 0 aliphatic heterocycles. The normalized spacial score (nSPS) is 11.7. The van der Waals surface area contributed by atoms with Gasteiger partial charge >= 0.3 is 5.97 Å². The average molecular weight is 301 g/mol. The first kappa shape index (κ1) is 15.9. The number of carboxylic acids is 1. The Kier molecular flexibility index (Phi) is 5.45. The van der Waals surface area contributed by atoms with E-state index in [1.54, 1.807) is 6.92 Å². The monoisotopic (exact) mass is 300 g/mol. The molecule has 0 aliphatic carbocycles. The predicted octanol–water partition coefficient (Wildman–Crippen LogP) is 2.23. The van der Waals surface area contributed by atoms with Crippen molar-refractivity contribution in [2.75, 3.05) is 0 Å². The Balaban J connectivity index is 2.92. The summed E-state index contributed by atoms with van der Waals surface area (Å²) >= 11 is 5.80. The highest BCUT2D eigenvalue weighted by Gasteiger charge is 2.21. The maximum absolute atomic E-state index is 11.9. The Hall–Kier alpha value is -2.15. The van der Waals surface area contributed by atoms with Crippen LogP contribution in [0.3, 0.4) is 0 Å². The van der Waals surface area contributed by atoms with E-state index in [0.717, 1.165) is 12.1 Å². The topological polar surface area (TPSA) is 110 Å². The number of hydrogen-bond donors (Lipinski definition) is 2. The summed E-state index contributed by atoms with van der Waals surface area (Å²) in [4.78, 5) is 32.8. The summed E-state index contributed by atoms with van der Waals surface area (Å²) in [5, 5.41) is 21.7. The van der Waals surface area contributed by atoms with Gasteiger partial charge < -0.3 is 10.4 Å². The second-order valence-corrected chi connectivity index (χ2v) is 4.48. The molecule has 0 spiro atoms. The van der Waals surface area contributed by atoms with Crippen LogP contribution in [0.4, 0.5) is 5.69 Å². The van der Waals surface area contributed by atoms with Crippen LogP contribution in [0.25, 0.3) is 0 Å². The molecule has 0 saturated carbocycles. The molecule has 0 unspecified atom stereocenters. The molecule has 1 aromatic rings. The van der Waals surface area contributed by atoms with Crippen LogP contribution in [-0.4, -0.2) is 27.9 Å². The predicted molar refractivity (Wildman–Crippen MR) is 71.9 cm³/mol. The summed E-state index contributed by atoms with van der Waals surface area (Å²) in [7, 11) is 0. The molecule has 2 N–H and O–H groups in total. The van der Waals surface area contributed by atoms with Crippen LogP contribution in [-0.2, 0) is 4.79 Å². The van der Waals surface area contributed by atoms with Gasteiger partial charge in [-0.25, -0.2) is 4.79 Å². The van der Waals surface area contributed by atoms with Crippen molar-refractivity contribution in [2.24, 2.45) is 0 Å². The van der Waals surface area contributed by atoms with E-state index >= 15 is 0 Å². The van der Waals surface area contributed by atoms with Crippen LogP contribution >= 0.6 is 11.6 Å². The number of nitro benzene ring substituents is 1. The van der Waals surface area contributed by atoms with Crippen molar-refractivity contribution in [3.05, 3.63) is 38.9 Å². The van der Waals surface area contributed by atoms with Gasteiger partial charge in [-0.1, -0.05) is 24.9 Å². The molecule has 0 aromatic heterocycles. The van der Waals surface area contributed by atoms with Crippen LogP contribution in [0.2, 0.25) is 5.02 Å². The van der Waals surface area contributed by atoms with E-state index < -0.39 is 22.8 Å². The molecule has 0 radical (unpaired) electrons. The molecule has 1 amide bonds. The van der Waals surface area contributed by atoms with Crippen LogP contribution in [0.5, 0.6) is 0 Å². The first-order chi connectivity index (χ1) is 9.36. The molecule has 0 bridgehead atoms. The molecular weight excluding hydrogens is 288 g/mol. The van der Waals surface area contributed by atoms with E-state index in [2.05, 4.69) is 5.32 Å². The van der Waals surface area contributed by atoms with E-state index in [-0.39, 0.29) is 22.7 Å². The minimum atomic E-state index is -1.14. The van der Waals surface area contributed by atoms with Crippen molar-refractivity contribution in [3.8, 4) is 0 Å². The first-order valence-corrected chi connectivity index (χ1v) is 6.22. The van der Waals surface area contributed by atoms with E-state index in [0.29, 0.717) is 6.42 Å². The largest absolute Gasteiger partial charge is 0.480 e. The van der Waals surface area contributed by atoms with Crippen molar-refractivity contribution in [1.82, 2.24) is 5.32 Å². The molecule has 0 saturated heterocycles. The van der Waals surface area contributed by atoms with Crippen LogP contribution in [0, 0.1) is 10.1 Å². The summed E-state index contributed by atoms with van der Waals surface area (Å²) in [6, 6.07) is 2.36. The van der Waals surface area contributed by atoms with Crippen molar-refractivity contribution in [3.63, 3.8) is 0 Å². The summed E-state index contributed by atoms with van der Waals surface area (Å²) in [5.74, 6) is -1.82. The number of halogens is 1. The summed E-state index contributed by atoms with van der Waals surface area (Å²) < 4.78 is 0. The number of non-ortho nitro benzene ring substituents is 1. The quantitative estimate of drug-likeness (QED) is 0.618. The number of rotatable bonds is 6. The van der Waals surface area contributed by atoms with Crippen molar-refractivity contribution >= 4 is 29.2 Å². The number of carbonyl (C=O) groups excluding carboxylic acids is 1. The SMILES string of the molecule is CCC[C@H](NC(=O)c1ccc([N+](=O)[O-])cc1Cl)C(=O)O. The number of hydrogen-bond acceptors (Lipinski definition) is 4. The van der Waals surface area contributed by atoms with E-state index in [4.69, 9.17) is 16.7 Å². The van der Waals surface area contributed by atoms with E-state index in [9.17, 15) is 19.7 Å². The molecular formula is C12H13ClN2O5. The fourth-order valence-electron chi connectivity index (χ4n) is 1.58. The lowest BCUT2D eigenvalue weighted by atomic mass is 10.1. The lowest BCUT2D eigenvalue weighted by Gasteiger charge is -2.14. The zero-order valence-electron chi connectivity index (χ0n) is 10.6. The van der Waals surface area contributed by atoms with Gasteiger partial charge in [0.2, 0.25) is 0 Å². The van der Waals surface area contributed by atoms with Gasteiger partial charge in [-0.3, -0.25) is 14.9 Å². The van der Waals surface area contributed by atoms with Crippen LogP contribution in [0.15, 0.2) is 18.2 Å². The highest BCUT2D eigenvalue weighted by Crippen LogP contribution is 2.22.